The third-order valence-electron chi connectivity index (χ3n) is 5.30. The second-order valence-electron chi connectivity index (χ2n) is 9.31. The Morgan fingerprint density at radius 3 is 2.31 bits per heavy atom. The quantitative estimate of drug-likeness (QED) is 0.228. The zero-order valence-corrected chi connectivity index (χ0v) is 22.7. The number of carboxylic acids is 1. The molecule has 0 spiro atoms. The maximum Gasteiger partial charge on any atom is 0.490 e. The van der Waals surface area contributed by atoms with E-state index in [4.69, 9.17) is 31.7 Å². The number of phenols is 1. The van der Waals surface area contributed by atoms with Crippen LogP contribution in [0.5, 0.6) is 11.5 Å². The van der Waals surface area contributed by atoms with E-state index in [9.17, 15) is 23.1 Å². The molecular formula is C26H30F3N7O6. The Kier molecular flexibility index (Phi) is 12.2. The van der Waals surface area contributed by atoms with E-state index in [1.54, 1.807) is 32.0 Å². The van der Waals surface area contributed by atoms with Gasteiger partial charge in [-0.2, -0.15) is 13.2 Å². The molecule has 13 nitrogen and oxygen atoms in total. The van der Waals surface area contributed by atoms with Gasteiger partial charge in [-0.05, 0) is 42.0 Å². The van der Waals surface area contributed by atoms with Gasteiger partial charge in [-0.1, -0.05) is 42.5 Å². The number of carbonyl (C=O) groups is 2. The number of rotatable bonds is 12. The summed E-state index contributed by atoms with van der Waals surface area (Å²) in [6.07, 6.45) is -5.08. The molecule has 0 aliphatic heterocycles. The number of aromatic hydroxyl groups is 1. The van der Waals surface area contributed by atoms with Crippen molar-refractivity contribution < 1.29 is 42.4 Å². The number of phenolic OH excluding ortho intramolecular Hbond substituents is 1. The van der Waals surface area contributed by atoms with Crippen molar-refractivity contribution >= 4 is 11.9 Å². The number of tetrazole rings is 1. The van der Waals surface area contributed by atoms with Crippen LogP contribution in [0.25, 0.3) is 4.85 Å². The van der Waals surface area contributed by atoms with Crippen molar-refractivity contribution in [1.29, 1.82) is 0 Å². The number of alkyl halides is 3. The normalized spacial score (nSPS) is 12.7. The second kappa shape index (κ2) is 15.3. The summed E-state index contributed by atoms with van der Waals surface area (Å²) in [5, 5.41) is 31.9. The number of nitrogens with zero attached hydrogens (tertiary/aromatic N) is 5. The highest BCUT2D eigenvalue weighted by atomic mass is 19.4. The van der Waals surface area contributed by atoms with Crippen molar-refractivity contribution in [3.63, 3.8) is 0 Å². The van der Waals surface area contributed by atoms with E-state index in [2.05, 4.69) is 25.7 Å². The topological polar surface area (TPSA) is 179 Å². The molecule has 0 saturated heterocycles. The van der Waals surface area contributed by atoms with Crippen molar-refractivity contribution in [3.8, 4) is 11.5 Å². The van der Waals surface area contributed by atoms with Gasteiger partial charge in [-0.15, -0.1) is 5.10 Å². The number of carboxylic acid groups (broad SMARTS) is 1. The van der Waals surface area contributed by atoms with Gasteiger partial charge in [0.1, 0.15) is 12.6 Å². The monoisotopic (exact) mass is 593 g/mol. The maximum atomic E-state index is 12.7. The van der Waals surface area contributed by atoms with Crippen LogP contribution in [0.2, 0.25) is 0 Å². The maximum absolute atomic E-state index is 12.7. The Bertz CT molecular complexity index is 1340. The lowest BCUT2D eigenvalue weighted by Crippen LogP contribution is -2.51. The summed E-state index contributed by atoms with van der Waals surface area (Å²) in [5.74, 6) is -2.61. The lowest BCUT2D eigenvalue weighted by atomic mass is 10.1. The van der Waals surface area contributed by atoms with Crippen LogP contribution < -0.4 is 15.8 Å². The molecule has 226 valence electrons. The molecule has 0 unspecified atom stereocenters. The molecule has 42 heavy (non-hydrogen) atoms. The van der Waals surface area contributed by atoms with E-state index < -0.39 is 35.7 Å². The molecular weight excluding hydrogens is 563 g/mol. The van der Waals surface area contributed by atoms with Crippen LogP contribution in [0.4, 0.5) is 13.2 Å². The SMILES string of the molecule is O=C(O)C(F)(F)F.[C-]#[N+]C[C@H](COc1ccccc1O)n1nnnc1[C@@H](COCc1ccccc1)NC(=O)C(C)(C)N. The van der Waals surface area contributed by atoms with Crippen LogP contribution in [-0.2, 0) is 20.9 Å². The molecule has 3 aromatic rings. The van der Waals surface area contributed by atoms with Gasteiger partial charge in [0.05, 0.1) is 18.8 Å². The average Bonchev–Trinajstić information content (AvgIpc) is 3.41. The molecule has 0 bridgehead atoms. The molecule has 0 radical (unpaired) electrons. The number of hydrogen-bond acceptors (Lipinski definition) is 9. The zero-order chi connectivity index (χ0) is 31.3. The van der Waals surface area contributed by atoms with Gasteiger partial charge < -0.3 is 35.6 Å². The van der Waals surface area contributed by atoms with E-state index in [-0.39, 0.29) is 31.3 Å². The summed E-state index contributed by atoms with van der Waals surface area (Å²) in [4.78, 5) is 25.1. The summed E-state index contributed by atoms with van der Waals surface area (Å²) >= 11 is 0. The van der Waals surface area contributed by atoms with Gasteiger partial charge in [-0.25, -0.2) is 16.0 Å². The summed E-state index contributed by atoms with van der Waals surface area (Å²) in [5.41, 5.74) is 5.81. The van der Waals surface area contributed by atoms with Gasteiger partial charge in [0.15, 0.2) is 23.4 Å². The molecule has 2 aromatic carbocycles. The molecule has 16 heteroatoms. The smallest absolute Gasteiger partial charge is 0.490 e. The third-order valence-corrected chi connectivity index (χ3v) is 5.30. The van der Waals surface area contributed by atoms with Crippen molar-refractivity contribution in [2.24, 2.45) is 5.73 Å². The fourth-order valence-electron chi connectivity index (χ4n) is 3.16. The number of nitrogens with two attached hydrogens (primary N) is 1. The molecule has 2 atom stereocenters. The number of benzene rings is 2. The van der Waals surface area contributed by atoms with Crippen molar-refractivity contribution in [2.45, 2.75) is 44.3 Å². The Balaban J connectivity index is 0.000000782. The molecule has 0 fully saturated rings. The third kappa shape index (κ3) is 10.7. The van der Waals surface area contributed by atoms with E-state index >= 15 is 0 Å². The van der Waals surface area contributed by atoms with E-state index in [0.29, 0.717) is 12.4 Å². The minimum Gasteiger partial charge on any atom is -0.504 e. The zero-order valence-electron chi connectivity index (χ0n) is 22.7. The van der Waals surface area contributed by atoms with E-state index in [1.807, 2.05) is 30.3 Å². The Labute approximate surface area is 238 Å². The lowest BCUT2D eigenvalue weighted by molar-refractivity contribution is -0.192. The summed E-state index contributed by atoms with van der Waals surface area (Å²) in [6.45, 7) is 11.0. The molecule has 5 N–H and O–H groups in total. The predicted molar refractivity (Wildman–Crippen MR) is 141 cm³/mol. The minimum absolute atomic E-state index is 0.0134. The highest BCUT2D eigenvalue weighted by molar-refractivity contribution is 5.85. The summed E-state index contributed by atoms with van der Waals surface area (Å²) in [6, 6.07) is 14.8. The van der Waals surface area contributed by atoms with Crippen LogP contribution in [0.3, 0.4) is 0 Å². The van der Waals surface area contributed by atoms with E-state index in [1.165, 1.54) is 10.7 Å². The number of carbonyl (C=O) groups excluding carboxylic acids is 1. The first-order valence-corrected chi connectivity index (χ1v) is 12.3. The highest BCUT2D eigenvalue weighted by Crippen LogP contribution is 2.26. The molecule has 1 amide bonds. The van der Waals surface area contributed by atoms with Crippen LogP contribution in [0.1, 0.15) is 37.3 Å². The van der Waals surface area contributed by atoms with Crippen molar-refractivity contribution in [3.05, 3.63) is 77.4 Å². The van der Waals surface area contributed by atoms with Gasteiger partial charge in [0.2, 0.25) is 12.5 Å². The molecule has 0 saturated carbocycles. The first-order chi connectivity index (χ1) is 19.7. The molecule has 3 rings (SSSR count). The van der Waals surface area contributed by atoms with Crippen LogP contribution >= 0.6 is 0 Å². The minimum atomic E-state index is -5.08. The molecule has 1 aromatic heterocycles. The number of para-hydroxylation sites is 2. The van der Waals surface area contributed by atoms with Gasteiger partial charge >= 0.3 is 12.1 Å². The van der Waals surface area contributed by atoms with E-state index in [0.717, 1.165) is 5.56 Å². The van der Waals surface area contributed by atoms with Crippen molar-refractivity contribution in [2.75, 3.05) is 19.8 Å². The van der Waals surface area contributed by atoms with Gasteiger partial charge in [0.25, 0.3) is 0 Å². The predicted octanol–water partition coefficient (Wildman–Crippen LogP) is 2.66. The summed E-state index contributed by atoms with van der Waals surface area (Å²) in [7, 11) is 0. The first-order valence-electron chi connectivity index (χ1n) is 12.3. The fourth-order valence-corrected chi connectivity index (χ4v) is 3.16. The molecule has 0 aliphatic carbocycles. The number of ether oxygens (including phenoxy) is 2. The van der Waals surface area contributed by atoms with Crippen LogP contribution in [0.15, 0.2) is 54.6 Å². The Morgan fingerprint density at radius 2 is 1.74 bits per heavy atom. The highest BCUT2D eigenvalue weighted by Gasteiger charge is 2.38. The van der Waals surface area contributed by atoms with Gasteiger partial charge in [-0.3, -0.25) is 4.79 Å². The molecule has 0 aliphatic rings. The van der Waals surface area contributed by atoms with Crippen LogP contribution in [-0.4, -0.2) is 73.8 Å². The lowest BCUT2D eigenvalue weighted by Gasteiger charge is -2.25. The largest absolute Gasteiger partial charge is 0.504 e. The number of aliphatic carboxylic acids is 1. The number of aromatic nitrogens is 4. The molecule has 1 heterocycles. The number of hydrogen-bond donors (Lipinski definition) is 4. The summed E-state index contributed by atoms with van der Waals surface area (Å²) < 4.78 is 44.8. The standard InChI is InChI=1S/C24H29N7O4.C2HF3O2/c1-24(2,25)23(33)27-19(16-34-14-17-9-5-4-6-10-17)22-28-29-30-31(22)18(13-26-3)15-35-21-12-8-7-11-20(21)32;3-2(4,5)1(6)7/h4-12,18-19,32H,13-16,25H2,1-2H3,(H,27,33);(H,6,7)/t18-,19-;/m1./s1. The average molecular weight is 594 g/mol. The Hall–Kier alpha value is -4.75. The van der Waals surface area contributed by atoms with Crippen LogP contribution in [0, 0.1) is 6.57 Å². The number of amides is 1. The number of halogens is 3. The number of nitrogens with one attached hydrogen (secondary N) is 1. The Morgan fingerprint density at radius 1 is 1.12 bits per heavy atom. The first kappa shape index (κ1) is 33.5. The van der Waals surface area contributed by atoms with Gasteiger partial charge in [0, 0.05) is 0 Å². The second-order valence-corrected chi connectivity index (χ2v) is 9.31. The van der Waals surface area contributed by atoms with Crippen molar-refractivity contribution in [1.82, 2.24) is 25.5 Å². The fraction of sp³-hybridized carbons (Fsp3) is 0.385.